The first-order chi connectivity index (χ1) is 10.0. The standard InChI is InChI=1S/C12H14N6O2S/c1-6(19)21-4-7-2-8(20)18(3-7)12-16-10(13)9-11(17-12)15-5-14-9/h5,7H,2-4H2,1H3,(H3,13,14,15,16,17). The van der Waals surface area contributed by atoms with Crippen molar-refractivity contribution in [1.82, 2.24) is 19.9 Å². The molecule has 1 amide bonds. The van der Waals surface area contributed by atoms with Crippen molar-refractivity contribution in [3.05, 3.63) is 6.33 Å². The van der Waals surface area contributed by atoms with Crippen LogP contribution in [0.4, 0.5) is 11.8 Å². The molecule has 0 spiro atoms. The zero-order chi connectivity index (χ0) is 15.0. The summed E-state index contributed by atoms with van der Waals surface area (Å²) < 4.78 is 0. The van der Waals surface area contributed by atoms with E-state index >= 15 is 0 Å². The summed E-state index contributed by atoms with van der Waals surface area (Å²) in [7, 11) is 0. The van der Waals surface area contributed by atoms with Crippen molar-refractivity contribution >= 4 is 45.7 Å². The molecule has 1 unspecified atom stereocenters. The van der Waals surface area contributed by atoms with E-state index in [9.17, 15) is 9.59 Å². The Morgan fingerprint density at radius 3 is 3.14 bits per heavy atom. The molecular weight excluding hydrogens is 292 g/mol. The molecule has 1 atom stereocenters. The number of hydrogen-bond donors (Lipinski definition) is 2. The fraction of sp³-hybridized carbons (Fsp3) is 0.417. The van der Waals surface area contributed by atoms with Crippen molar-refractivity contribution in [1.29, 1.82) is 0 Å². The summed E-state index contributed by atoms with van der Waals surface area (Å²) in [5, 5.41) is 0.0549. The smallest absolute Gasteiger partial charge is 0.236 e. The van der Waals surface area contributed by atoms with Gasteiger partial charge in [0, 0.05) is 25.6 Å². The van der Waals surface area contributed by atoms with Crippen LogP contribution in [-0.4, -0.2) is 43.3 Å². The Morgan fingerprint density at radius 2 is 2.38 bits per heavy atom. The highest BCUT2D eigenvalue weighted by atomic mass is 32.2. The zero-order valence-electron chi connectivity index (χ0n) is 11.4. The van der Waals surface area contributed by atoms with E-state index in [-0.39, 0.29) is 28.7 Å². The van der Waals surface area contributed by atoms with E-state index in [0.29, 0.717) is 29.9 Å². The van der Waals surface area contributed by atoms with E-state index in [1.54, 1.807) is 0 Å². The molecule has 1 aliphatic rings. The van der Waals surface area contributed by atoms with Crippen molar-refractivity contribution in [3.8, 4) is 0 Å². The lowest BCUT2D eigenvalue weighted by Crippen LogP contribution is -2.27. The number of aromatic amines is 1. The minimum absolute atomic E-state index is 0.0549. The van der Waals surface area contributed by atoms with Gasteiger partial charge in [-0.3, -0.25) is 14.5 Å². The molecule has 21 heavy (non-hydrogen) atoms. The van der Waals surface area contributed by atoms with Crippen molar-refractivity contribution in [3.63, 3.8) is 0 Å². The van der Waals surface area contributed by atoms with Crippen LogP contribution in [0.15, 0.2) is 6.33 Å². The Morgan fingerprint density at radius 1 is 1.57 bits per heavy atom. The predicted octanol–water partition coefficient (Wildman–Crippen LogP) is 0.568. The van der Waals surface area contributed by atoms with Gasteiger partial charge in [0.25, 0.3) is 0 Å². The Bertz CT molecular complexity index is 715. The highest BCUT2D eigenvalue weighted by Gasteiger charge is 2.32. The second kappa shape index (κ2) is 5.32. The van der Waals surface area contributed by atoms with Gasteiger partial charge in [-0.15, -0.1) is 0 Å². The molecule has 110 valence electrons. The van der Waals surface area contributed by atoms with Crippen molar-refractivity contribution in [2.45, 2.75) is 13.3 Å². The summed E-state index contributed by atoms with van der Waals surface area (Å²) >= 11 is 1.23. The van der Waals surface area contributed by atoms with Gasteiger partial charge in [0.15, 0.2) is 16.6 Å². The fourth-order valence-corrected chi connectivity index (χ4v) is 2.98. The maximum atomic E-state index is 12.1. The van der Waals surface area contributed by atoms with Crippen LogP contribution in [0.1, 0.15) is 13.3 Å². The van der Waals surface area contributed by atoms with Crippen LogP contribution in [-0.2, 0) is 9.59 Å². The minimum Gasteiger partial charge on any atom is -0.382 e. The molecule has 1 saturated heterocycles. The molecular formula is C12H14N6O2S. The number of carbonyl (C=O) groups is 2. The number of hydrogen-bond acceptors (Lipinski definition) is 7. The molecule has 3 rings (SSSR count). The molecule has 3 N–H and O–H groups in total. The van der Waals surface area contributed by atoms with Gasteiger partial charge in [-0.2, -0.15) is 9.97 Å². The van der Waals surface area contributed by atoms with Gasteiger partial charge in [-0.1, -0.05) is 11.8 Å². The quantitative estimate of drug-likeness (QED) is 0.851. The number of nitrogens with two attached hydrogens (primary N) is 1. The Balaban J connectivity index is 1.82. The molecule has 3 heterocycles. The summed E-state index contributed by atoms with van der Waals surface area (Å²) in [6.45, 7) is 2.02. The first kappa shape index (κ1) is 13.8. The Hall–Kier alpha value is -2.16. The molecule has 0 radical (unpaired) electrons. The lowest BCUT2D eigenvalue weighted by molar-refractivity contribution is -0.117. The molecule has 9 heteroatoms. The van der Waals surface area contributed by atoms with Crippen molar-refractivity contribution < 1.29 is 9.59 Å². The molecule has 1 aliphatic heterocycles. The third-order valence-corrected chi connectivity index (χ3v) is 4.32. The van der Waals surface area contributed by atoms with E-state index in [1.165, 1.54) is 29.9 Å². The number of rotatable bonds is 3. The molecule has 2 aromatic rings. The van der Waals surface area contributed by atoms with Gasteiger partial charge in [0.2, 0.25) is 11.9 Å². The monoisotopic (exact) mass is 306 g/mol. The van der Waals surface area contributed by atoms with Gasteiger partial charge in [0.1, 0.15) is 5.52 Å². The molecule has 1 fully saturated rings. The molecule has 0 bridgehead atoms. The second-order valence-electron chi connectivity index (χ2n) is 4.89. The summed E-state index contributed by atoms with van der Waals surface area (Å²) in [5.74, 6) is 1.22. The van der Waals surface area contributed by atoms with Gasteiger partial charge in [-0.25, -0.2) is 4.98 Å². The number of imidazole rings is 1. The van der Waals surface area contributed by atoms with E-state index in [2.05, 4.69) is 19.9 Å². The lowest BCUT2D eigenvalue weighted by Gasteiger charge is -2.14. The summed E-state index contributed by atoms with van der Waals surface area (Å²) in [5.41, 5.74) is 6.84. The fourth-order valence-electron chi connectivity index (χ4n) is 2.29. The molecule has 8 nitrogen and oxygen atoms in total. The highest BCUT2D eigenvalue weighted by Crippen LogP contribution is 2.27. The number of amides is 1. The first-order valence-corrected chi connectivity index (χ1v) is 7.43. The zero-order valence-corrected chi connectivity index (χ0v) is 12.2. The van der Waals surface area contributed by atoms with Gasteiger partial charge in [-0.05, 0) is 5.92 Å². The number of carbonyl (C=O) groups excluding carboxylic acids is 2. The van der Waals surface area contributed by atoms with E-state index in [0.717, 1.165) is 0 Å². The van der Waals surface area contributed by atoms with Crippen LogP contribution in [0.5, 0.6) is 0 Å². The Labute approximate surface area is 124 Å². The largest absolute Gasteiger partial charge is 0.382 e. The summed E-state index contributed by atoms with van der Waals surface area (Å²) in [6.07, 6.45) is 1.87. The number of nitrogen functional groups attached to an aromatic ring is 1. The Kier molecular flexibility index (Phi) is 3.50. The van der Waals surface area contributed by atoms with Crippen LogP contribution in [0, 0.1) is 5.92 Å². The number of thioether (sulfide) groups is 1. The summed E-state index contributed by atoms with van der Waals surface area (Å²) in [4.78, 5) is 39.9. The molecule has 0 aromatic carbocycles. The number of anilines is 2. The van der Waals surface area contributed by atoms with Crippen LogP contribution >= 0.6 is 11.8 Å². The molecule has 2 aromatic heterocycles. The molecule has 0 saturated carbocycles. The second-order valence-corrected chi connectivity index (χ2v) is 6.08. The van der Waals surface area contributed by atoms with Crippen molar-refractivity contribution in [2.75, 3.05) is 22.9 Å². The average molecular weight is 306 g/mol. The van der Waals surface area contributed by atoms with Gasteiger partial charge in [0.05, 0.1) is 6.33 Å². The number of aromatic nitrogens is 4. The topological polar surface area (TPSA) is 118 Å². The minimum atomic E-state index is -0.0570. The van der Waals surface area contributed by atoms with Crippen LogP contribution in [0.2, 0.25) is 0 Å². The SMILES string of the molecule is CC(=O)SCC1CC(=O)N(c2nc(N)c3[nH]cnc3n2)C1. The molecule has 0 aliphatic carbocycles. The number of H-pyrrole nitrogens is 1. The predicted molar refractivity (Wildman–Crippen MR) is 79.7 cm³/mol. The third-order valence-electron chi connectivity index (χ3n) is 3.27. The van der Waals surface area contributed by atoms with E-state index in [4.69, 9.17) is 5.73 Å². The average Bonchev–Trinajstić information content (AvgIpc) is 3.02. The van der Waals surface area contributed by atoms with Gasteiger partial charge < -0.3 is 10.7 Å². The van der Waals surface area contributed by atoms with Crippen LogP contribution in [0.25, 0.3) is 11.2 Å². The normalized spacial score (nSPS) is 18.6. The first-order valence-electron chi connectivity index (χ1n) is 6.45. The van der Waals surface area contributed by atoms with Gasteiger partial charge >= 0.3 is 0 Å². The summed E-state index contributed by atoms with van der Waals surface area (Å²) in [6, 6.07) is 0. The van der Waals surface area contributed by atoms with Crippen LogP contribution < -0.4 is 10.6 Å². The van der Waals surface area contributed by atoms with Crippen LogP contribution in [0.3, 0.4) is 0 Å². The number of nitrogens with zero attached hydrogens (tertiary/aromatic N) is 4. The highest BCUT2D eigenvalue weighted by molar-refractivity contribution is 8.13. The van der Waals surface area contributed by atoms with Crippen molar-refractivity contribution in [2.24, 2.45) is 5.92 Å². The number of fused-ring (bicyclic) bond motifs is 1. The van der Waals surface area contributed by atoms with E-state index in [1.807, 2.05) is 0 Å². The maximum Gasteiger partial charge on any atom is 0.236 e. The third kappa shape index (κ3) is 2.68. The maximum absolute atomic E-state index is 12.1. The number of nitrogens with one attached hydrogen (secondary N) is 1. The lowest BCUT2D eigenvalue weighted by atomic mass is 10.1. The van der Waals surface area contributed by atoms with E-state index < -0.39 is 0 Å².